The molecular weight excluding hydrogens is 242 g/mol. The summed E-state index contributed by atoms with van der Waals surface area (Å²) in [6.07, 6.45) is 8.45. The molecule has 1 N–H and O–H groups in total. The number of nitrogens with zero attached hydrogens (tertiary/aromatic N) is 2. The molecule has 0 unspecified atom stereocenters. The Balaban J connectivity index is 1.81. The molecule has 5 nitrogen and oxygen atoms in total. The number of carbonyl (C=O) groups is 1. The van der Waals surface area contributed by atoms with Gasteiger partial charge in [0, 0.05) is 5.92 Å². The first kappa shape index (κ1) is 12.6. The summed E-state index contributed by atoms with van der Waals surface area (Å²) in [5.74, 6) is 1.60. The Bertz CT molecular complexity index is 459. The van der Waals surface area contributed by atoms with Crippen LogP contribution in [0.3, 0.4) is 0 Å². The van der Waals surface area contributed by atoms with Gasteiger partial charge in [-0.15, -0.1) is 0 Å². The maximum absolute atomic E-state index is 12.3. The maximum Gasteiger partial charge on any atom is 0.252 e. The zero-order valence-corrected chi connectivity index (χ0v) is 11.4. The van der Waals surface area contributed by atoms with Crippen LogP contribution in [0.15, 0.2) is 4.52 Å². The number of rotatable bonds is 3. The van der Waals surface area contributed by atoms with Gasteiger partial charge in [0.2, 0.25) is 5.91 Å². The van der Waals surface area contributed by atoms with Crippen molar-refractivity contribution in [2.45, 2.75) is 63.8 Å². The van der Waals surface area contributed by atoms with Crippen molar-refractivity contribution in [3.8, 4) is 0 Å². The number of hydrogen-bond donors (Lipinski definition) is 1. The molecule has 0 saturated heterocycles. The lowest BCUT2D eigenvalue weighted by Crippen LogP contribution is -2.50. The van der Waals surface area contributed by atoms with Gasteiger partial charge in [0.1, 0.15) is 5.54 Å². The fraction of sp³-hybridized carbons (Fsp3) is 0.786. The van der Waals surface area contributed by atoms with Gasteiger partial charge in [-0.1, -0.05) is 30.8 Å². The molecule has 3 rings (SSSR count). The monoisotopic (exact) mass is 263 g/mol. The van der Waals surface area contributed by atoms with Crippen LogP contribution in [0.25, 0.3) is 0 Å². The van der Waals surface area contributed by atoms with E-state index in [1.807, 2.05) is 6.92 Å². The first-order valence-corrected chi connectivity index (χ1v) is 7.32. The molecule has 1 aromatic heterocycles. The molecule has 1 heterocycles. The van der Waals surface area contributed by atoms with Crippen molar-refractivity contribution >= 4 is 5.91 Å². The number of hydrogen-bond acceptors (Lipinski definition) is 4. The molecule has 2 saturated carbocycles. The third kappa shape index (κ3) is 2.38. The van der Waals surface area contributed by atoms with E-state index in [1.54, 1.807) is 0 Å². The van der Waals surface area contributed by atoms with E-state index < -0.39 is 5.54 Å². The van der Waals surface area contributed by atoms with E-state index in [9.17, 15) is 4.79 Å². The Labute approximate surface area is 113 Å². The Hall–Kier alpha value is -1.39. The van der Waals surface area contributed by atoms with Crippen LogP contribution in [-0.2, 0) is 10.3 Å². The van der Waals surface area contributed by atoms with Crippen molar-refractivity contribution in [1.29, 1.82) is 0 Å². The van der Waals surface area contributed by atoms with Crippen molar-refractivity contribution in [1.82, 2.24) is 15.5 Å². The van der Waals surface area contributed by atoms with Crippen LogP contribution in [0, 0.1) is 12.8 Å². The van der Waals surface area contributed by atoms with Crippen LogP contribution in [-0.4, -0.2) is 16.0 Å². The predicted octanol–water partition coefficient (Wildman–Crippen LogP) is 2.45. The molecule has 0 aromatic carbocycles. The molecule has 1 amide bonds. The molecule has 1 aromatic rings. The number of nitrogens with one attached hydrogen (secondary N) is 1. The van der Waals surface area contributed by atoms with Crippen LogP contribution < -0.4 is 5.32 Å². The van der Waals surface area contributed by atoms with Gasteiger partial charge in [-0.25, -0.2) is 0 Å². The van der Waals surface area contributed by atoms with Crippen molar-refractivity contribution < 1.29 is 9.32 Å². The van der Waals surface area contributed by atoms with E-state index in [1.165, 1.54) is 12.8 Å². The average molecular weight is 263 g/mol. The van der Waals surface area contributed by atoms with E-state index in [0.717, 1.165) is 38.5 Å². The standard InChI is InChI=1S/C14H21N3O2/c1-10-15-13(19-17-10)14(8-3-2-4-9-14)16-12(18)11-6-5-7-11/h11H,2-9H2,1H3,(H,16,18). The van der Waals surface area contributed by atoms with Gasteiger partial charge in [-0.3, -0.25) is 4.79 Å². The molecule has 5 heteroatoms. The van der Waals surface area contributed by atoms with Gasteiger partial charge in [0.25, 0.3) is 5.89 Å². The first-order chi connectivity index (χ1) is 9.20. The van der Waals surface area contributed by atoms with Crippen molar-refractivity contribution in [2.24, 2.45) is 5.92 Å². The topological polar surface area (TPSA) is 68.0 Å². The smallest absolute Gasteiger partial charge is 0.252 e. The molecule has 0 atom stereocenters. The van der Waals surface area contributed by atoms with Gasteiger partial charge in [0.05, 0.1) is 0 Å². The average Bonchev–Trinajstić information content (AvgIpc) is 2.75. The molecular formula is C14H21N3O2. The van der Waals surface area contributed by atoms with E-state index in [0.29, 0.717) is 11.7 Å². The lowest BCUT2D eigenvalue weighted by Gasteiger charge is -2.37. The molecule has 0 radical (unpaired) electrons. The minimum absolute atomic E-state index is 0.170. The number of aromatic nitrogens is 2. The van der Waals surface area contributed by atoms with E-state index in [4.69, 9.17) is 4.52 Å². The summed E-state index contributed by atoms with van der Waals surface area (Å²) < 4.78 is 5.36. The third-order valence-electron chi connectivity index (χ3n) is 4.48. The highest BCUT2D eigenvalue weighted by molar-refractivity contribution is 5.80. The number of aryl methyl sites for hydroxylation is 1. The SMILES string of the molecule is Cc1noc(C2(NC(=O)C3CCC3)CCCCC2)n1. The Morgan fingerprint density at radius 1 is 1.26 bits per heavy atom. The van der Waals surface area contributed by atoms with Crippen LogP contribution in [0.1, 0.15) is 63.1 Å². The minimum atomic E-state index is -0.411. The summed E-state index contributed by atoms with van der Waals surface area (Å²) in [6, 6.07) is 0. The van der Waals surface area contributed by atoms with Gasteiger partial charge >= 0.3 is 0 Å². The van der Waals surface area contributed by atoms with E-state index in [-0.39, 0.29) is 11.8 Å². The predicted molar refractivity (Wildman–Crippen MR) is 69.3 cm³/mol. The Morgan fingerprint density at radius 2 is 2.00 bits per heavy atom. The summed E-state index contributed by atoms with van der Waals surface area (Å²) in [5, 5.41) is 7.11. The van der Waals surface area contributed by atoms with Crippen molar-refractivity contribution in [3.63, 3.8) is 0 Å². The lowest BCUT2D eigenvalue weighted by atomic mass is 9.79. The summed E-state index contributed by atoms with van der Waals surface area (Å²) in [5.41, 5.74) is -0.411. The molecule has 19 heavy (non-hydrogen) atoms. The first-order valence-electron chi connectivity index (χ1n) is 7.32. The largest absolute Gasteiger partial charge is 0.341 e. The Kier molecular flexibility index (Phi) is 3.29. The van der Waals surface area contributed by atoms with Gasteiger partial charge in [-0.05, 0) is 32.6 Å². The third-order valence-corrected chi connectivity index (χ3v) is 4.48. The van der Waals surface area contributed by atoms with Crippen LogP contribution in [0.5, 0.6) is 0 Å². The van der Waals surface area contributed by atoms with Gasteiger partial charge in [0.15, 0.2) is 5.82 Å². The van der Waals surface area contributed by atoms with Gasteiger partial charge < -0.3 is 9.84 Å². The Morgan fingerprint density at radius 3 is 2.53 bits per heavy atom. The summed E-state index contributed by atoms with van der Waals surface area (Å²) in [7, 11) is 0. The zero-order valence-electron chi connectivity index (χ0n) is 11.4. The van der Waals surface area contributed by atoms with Gasteiger partial charge in [-0.2, -0.15) is 4.98 Å². The summed E-state index contributed by atoms with van der Waals surface area (Å²) in [4.78, 5) is 16.6. The summed E-state index contributed by atoms with van der Waals surface area (Å²) in [6.45, 7) is 1.82. The molecule has 0 bridgehead atoms. The highest BCUT2D eigenvalue weighted by Gasteiger charge is 2.42. The van der Waals surface area contributed by atoms with Crippen LogP contribution >= 0.6 is 0 Å². The molecule has 104 valence electrons. The zero-order chi connectivity index (χ0) is 13.3. The summed E-state index contributed by atoms with van der Waals surface area (Å²) >= 11 is 0. The van der Waals surface area contributed by atoms with E-state index in [2.05, 4.69) is 15.5 Å². The number of amides is 1. The fourth-order valence-corrected chi connectivity index (χ4v) is 3.05. The molecule has 0 spiro atoms. The lowest BCUT2D eigenvalue weighted by molar-refractivity contribution is -0.130. The van der Waals surface area contributed by atoms with Crippen molar-refractivity contribution in [3.05, 3.63) is 11.7 Å². The quantitative estimate of drug-likeness (QED) is 0.909. The maximum atomic E-state index is 12.3. The number of carbonyl (C=O) groups excluding carboxylic acids is 1. The van der Waals surface area contributed by atoms with Crippen LogP contribution in [0.4, 0.5) is 0 Å². The molecule has 2 aliphatic carbocycles. The highest BCUT2D eigenvalue weighted by Crippen LogP contribution is 2.37. The second-order valence-electron chi connectivity index (χ2n) is 5.91. The molecule has 0 aliphatic heterocycles. The second kappa shape index (κ2) is 4.94. The highest BCUT2D eigenvalue weighted by atomic mass is 16.5. The molecule has 2 aliphatic rings. The van der Waals surface area contributed by atoms with Crippen molar-refractivity contribution in [2.75, 3.05) is 0 Å². The molecule has 2 fully saturated rings. The fourth-order valence-electron chi connectivity index (χ4n) is 3.05. The van der Waals surface area contributed by atoms with Crippen LogP contribution in [0.2, 0.25) is 0 Å². The normalized spacial score (nSPS) is 22.8. The second-order valence-corrected chi connectivity index (χ2v) is 5.91. The minimum Gasteiger partial charge on any atom is -0.341 e. The van der Waals surface area contributed by atoms with E-state index >= 15 is 0 Å².